The van der Waals surface area contributed by atoms with E-state index in [1.807, 2.05) is 6.92 Å². The maximum atomic E-state index is 11.6. The number of esters is 4. The second-order valence-corrected chi connectivity index (χ2v) is 17.9. The average Bonchev–Trinajstić information content (AvgIpc) is 3.58. The fourth-order valence-corrected chi connectivity index (χ4v) is 6.28. The number of Topliss-reactive ketones (excluding diaryl/α,β-unsaturated/α-hetero) is 1. The minimum Gasteiger partial charge on any atom is -0.501 e. The summed E-state index contributed by atoms with van der Waals surface area (Å²) < 4.78 is 34.5. The summed E-state index contributed by atoms with van der Waals surface area (Å²) in [5.41, 5.74) is -0.890. The molecule has 1 heterocycles. The Morgan fingerprint density at radius 3 is 1.41 bits per heavy atom. The SMILES string of the molecule is C.C=CCC(C)O.C=CCC(C)Oc1c(C(=O)OC)cccc1[N+](=O)[O-].CC(C)(C)O.COC(=O)c1cccc([N+](=O)[O-])c1O.COC(=O)c1cccc([N+](=O)[O-])c1OC(C)CC(=O)O.COC(=O)c1cccc2c1OC(C)CC(=O)C2. The molecule has 0 bridgehead atoms. The highest BCUT2D eigenvalue weighted by molar-refractivity contribution is 5.96. The van der Waals surface area contributed by atoms with Crippen LogP contribution in [0.5, 0.6) is 23.0 Å². The predicted octanol–water partition coefficient (Wildman–Crippen LogP) is 9.55. The molecular weight excluding hydrogens is 1080 g/mol. The van der Waals surface area contributed by atoms with Crippen LogP contribution in [0.1, 0.15) is 129 Å². The normalized spacial score (nSPS) is 12.7. The van der Waals surface area contributed by atoms with Crippen molar-refractivity contribution in [3.8, 4) is 23.0 Å². The first-order chi connectivity index (χ1) is 37.8. The van der Waals surface area contributed by atoms with Gasteiger partial charge in [0.2, 0.25) is 17.2 Å². The van der Waals surface area contributed by atoms with Crippen molar-refractivity contribution in [1.29, 1.82) is 0 Å². The molecule has 0 saturated heterocycles. The molecule has 0 fully saturated rings. The number of nitro benzene ring substituents is 3. The lowest BCUT2D eigenvalue weighted by molar-refractivity contribution is -0.386. The third-order valence-corrected chi connectivity index (χ3v) is 9.64. The van der Waals surface area contributed by atoms with Crippen molar-refractivity contribution < 1.29 is 97.1 Å². The molecule has 0 aromatic heterocycles. The molecule has 0 spiro atoms. The molecule has 0 saturated carbocycles. The van der Waals surface area contributed by atoms with Gasteiger partial charge in [-0.3, -0.25) is 39.9 Å². The molecule has 0 amide bonds. The van der Waals surface area contributed by atoms with Gasteiger partial charge in [-0.15, -0.1) is 13.2 Å². The molecule has 0 radical (unpaired) electrons. The molecule has 5 rings (SSSR count). The van der Waals surface area contributed by atoms with Gasteiger partial charge >= 0.3 is 46.9 Å². The minimum absolute atomic E-state index is 0. The molecule has 26 heteroatoms. The highest BCUT2D eigenvalue weighted by Crippen LogP contribution is 2.35. The molecule has 26 nitrogen and oxygen atoms in total. The summed E-state index contributed by atoms with van der Waals surface area (Å²) in [4.78, 5) is 98.2. The minimum atomic E-state index is -1.12. The first-order valence-corrected chi connectivity index (χ1v) is 24.2. The van der Waals surface area contributed by atoms with Gasteiger partial charge in [-0.2, -0.15) is 0 Å². The third-order valence-electron chi connectivity index (χ3n) is 9.64. The number of hydrogen-bond donors (Lipinski definition) is 4. The van der Waals surface area contributed by atoms with E-state index < -0.39 is 73.4 Å². The zero-order valence-corrected chi connectivity index (χ0v) is 46.7. The predicted molar refractivity (Wildman–Crippen MR) is 299 cm³/mol. The fraction of sp³-hybridized carbons (Fsp3) is 0.393. The Kier molecular flexibility index (Phi) is 34.2. The number of fused-ring (bicyclic) bond motifs is 1. The molecule has 4 unspecified atom stereocenters. The van der Waals surface area contributed by atoms with Crippen molar-refractivity contribution in [3.05, 3.63) is 156 Å². The van der Waals surface area contributed by atoms with E-state index in [1.165, 1.54) is 63.6 Å². The smallest absolute Gasteiger partial charge is 0.341 e. The number of nitrogens with zero attached hydrogens (tertiary/aromatic N) is 3. The van der Waals surface area contributed by atoms with Gasteiger partial charge in [0, 0.05) is 43.0 Å². The van der Waals surface area contributed by atoms with Gasteiger partial charge in [-0.1, -0.05) is 49.9 Å². The van der Waals surface area contributed by atoms with E-state index in [2.05, 4.69) is 27.4 Å². The van der Waals surface area contributed by atoms with Gasteiger partial charge in [0.1, 0.15) is 46.0 Å². The number of ketones is 1. The van der Waals surface area contributed by atoms with Crippen molar-refractivity contribution in [2.45, 2.75) is 118 Å². The van der Waals surface area contributed by atoms with E-state index in [4.69, 9.17) is 34.3 Å². The number of methoxy groups -OCH3 is 4. The maximum Gasteiger partial charge on any atom is 0.341 e. The monoisotopic (exact) mass is 1160 g/mol. The Morgan fingerprint density at radius 1 is 0.671 bits per heavy atom. The van der Waals surface area contributed by atoms with Crippen LogP contribution in [0.15, 0.2) is 98.1 Å². The standard InChI is InChI=1S/C13H15NO5.C13H14O4.C12H13NO7.C8H7NO5.C5H10O.C4H10O.CH4/c1-4-6-9(2)19-12-10(13(15)18-3)7-5-8-11(12)14(16)17;1-8-6-10(14)7-9-4-3-5-11(12(9)17-8)13(15)16-2;1-7(6-10(14)15)20-11-8(12(16)19-2)4-3-5-9(11)13(17)18;1-14-8(11)5-3-2-4-6(7(5)10)9(12)13;1-3-4-5(2)6;1-4(2,3)5;/h4-5,7-9H,1,6H2,2-3H3;3-5,8H,6-7H2,1-2H3;3-5,7H,6H2,1-2H3,(H,14,15);2-4,10H,1H3;3,5-6H,1,4H2,2H3;5H,1-3H3;1H4. The second kappa shape index (κ2) is 37.5. The Bertz CT molecular complexity index is 2820. The number of hydrogen-bond acceptors (Lipinski definition) is 22. The van der Waals surface area contributed by atoms with E-state index in [9.17, 15) is 64.2 Å². The number of phenolic OH excluding ortho intramolecular Hbond substituents is 1. The van der Waals surface area contributed by atoms with E-state index in [-0.39, 0.29) is 71.8 Å². The molecule has 82 heavy (non-hydrogen) atoms. The Hall–Kier alpha value is -9.30. The van der Waals surface area contributed by atoms with Crippen LogP contribution in [0.3, 0.4) is 0 Å². The summed E-state index contributed by atoms with van der Waals surface area (Å²) in [6.07, 6.45) is 3.26. The van der Waals surface area contributed by atoms with Crippen LogP contribution in [-0.4, -0.2) is 129 Å². The Labute approximate surface area is 474 Å². The second-order valence-electron chi connectivity index (χ2n) is 17.9. The van der Waals surface area contributed by atoms with Crippen molar-refractivity contribution in [3.63, 3.8) is 0 Å². The number of carboxylic acids is 1. The molecule has 450 valence electrons. The number of aromatic hydroxyl groups is 1. The number of rotatable bonds is 17. The van der Waals surface area contributed by atoms with Crippen LogP contribution >= 0.6 is 0 Å². The van der Waals surface area contributed by atoms with Crippen LogP contribution < -0.4 is 14.2 Å². The molecule has 1 aliphatic rings. The van der Waals surface area contributed by atoms with Crippen LogP contribution in [0.2, 0.25) is 0 Å². The zero-order chi connectivity index (χ0) is 62.3. The van der Waals surface area contributed by atoms with E-state index in [0.717, 1.165) is 31.9 Å². The number of aliphatic hydroxyl groups is 2. The lowest BCUT2D eigenvalue weighted by Crippen LogP contribution is -2.19. The van der Waals surface area contributed by atoms with Gasteiger partial charge in [-0.05, 0) is 79.2 Å². The Morgan fingerprint density at radius 2 is 1.04 bits per heavy atom. The molecule has 1 aliphatic heterocycles. The summed E-state index contributed by atoms with van der Waals surface area (Å²) in [7, 11) is 4.79. The molecule has 4 aromatic rings. The zero-order valence-electron chi connectivity index (χ0n) is 46.7. The lowest BCUT2D eigenvalue weighted by Gasteiger charge is -2.15. The van der Waals surface area contributed by atoms with Crippen LogP contribution in [0.4, 0.5) is 17.1 Å². The lowest BCUT2D eigenvalue weighted by atomic mass is 10.0. The number of para-hydroxylation sites is 4. The highest BCUT2D eigenvalue weighted by Gasteiger charge is 2.28. The molecule has 4 atom stereocenters. The van der Waals surface area contributed by atoms with Crippen LogP contribution in [0.25, 0.3) is 0 Å². The van der Waals surface area contributed by atoms with Gasteiger partial charge in [0.05, 0.1) is 67.4 Å². The number of benzene rings is 4. The van der Waals surface area contributed by atoms with Crippen LogP contribution in [0, 0.1) is 30.3 Å². The summed E-state index contributed by atoms with van der Waals surface area (Å²) >= 11 is 0. The maximum absolute atomic E-state index is 11.6. The first-order valence-electron chi connectivity index (χ1n) is 24.2. The number of phenols is 1. The van der Waals surface area contributed by atoms with E-state index >= 15 is 0 Å². The van der Waals surface area contributed by atoms with Crippen molar-refractivity contribution in [2.75, 3.05) is 28.4 Å². The van der Waals surface area contributed by atoms with Crippen molar-refractivity contribution in [1.82, 2.24) is 0 Å². The molecule has 4 aromatic carbocycles. The highest BCUT2D eigenvalue weighted by atomic mass is 16.6. The topological polar surface area (TPSA) is 377 Å². The largest absolute Gasteiger partial charge is 0.501 e. The van der Waals surface area contributed by atoms with Gasteiger partial charge in [0.15, 0.2) is 0 Å². The summed E-state index contributed by atoms with van der Waals surface area (Å²) in [5.74, 6) is -4.28. The summed E-state index contributed by atoms with van der Waals surface area (Å²) in [6, 6.07) is 16.7. The van der Waals surface area contributed by atoms with Gasteiger partial charge in [-0.25, -0.2) is 19.2 Å². The van der Waals surface area contributed by atoms with Gasteiger partial charge in [0.25, 0.3) is 0 Å². The summed E-state index contributed by atoms with van der Waals surface area (Å²) in [6.45, 7) is 19.0. The number of aliphatic hydroxyl groups excluding tert-OH is 1. The summed E-state index contributed by atoms with van der Waals surface area (Å²) in [5, 5.41) is 67.3. The number of carbonyl (C=O) groups excluding carboxylic acids is 5. The number of carbonyl (C=O) groups is 6. The number of aliphatic carboxylic acids is 1. The van der Waals surface area contributed by atoms with Crippen molar-refractivity contribution >= 4 is 52.7 Å². The molecule has 0 aliphatic carbocycles. The van der Waals surface area contributed by atoms with E-state index in [1.54, 1.807) is 65.0 Å². The quantitative estimate of drug-likeness (QED) is 0.0251. The fourth-order valence-electron chi connectivity index (χ4n) is 6.28. The third kappa shape index (κ3) is 27.0. The number of nitro groups is 3. The van der Waals surface area contributed by atoms with Crippen LogP contribution in [-0.2, 0) is 35.0 Å². The van der Waals surface area contributed by atoms with Gasteiger partial charge < -0.3 is 53.6 Å². The first kappa shape index (κ1) is 74.8. The Balaban J connectivity index is 0. The van der Waals surface area contributed by atoms with E-state index in [0.29, 0.717) is 37.0 Å². The average molecular weight is 1160 g/mol. The van der Waals surface area contributed by atoms with Crippen molar-refractivity contribution in [2.24, 2.45) is 0 Å². The molecule has 4 N–H and O–H groups in total. The number of carboxylic acid groups (broad SMARTS) is 1. The number of ether oxygens (including phenoxy) is 7. The molecular formula is C56H73N3O23.